The van der Waals surface area contributed by atoms with Gasteiger partial charge in [0.25, 0.3) is 11.9 Å². The van der Waals surface area contributed by atoms with E-state index < -0.39 is 0 Å². The Kier molecular flexibility index (Phi) is 6.45. The van der Waals surface area contributed by atoms with E-state index in [2.05, 4.69) is 27.3 Å². The Morgan fingerprint density at radius 2 is 2.03 bits per heavy atom. The number of carbonyl (C=O) groups excluding carboxylic acids is 1. The van der Waals surface area contributed by atoms with Crippen molar-refractivity contribution in [3.63, 3.8) is 0 Å². The van der Waals surface area contributed by atoms with E-state index in [1.807, 2.05) is 49.2 Å². The van der Waals surface area contributed by atoms with Crippen molar-refractivity contribution in [3.05, 3.63) is 64.4 Å². The van der Waals surface area contributed by atoms with Gasteiger partial charge in [-0.2, -0.15) is 5.10 Å². The zero-order chi connectivity index (χ0) is 22.7. The number of aromatic nitrogens is 6. The Morgan fingerprint density at radius 3 is 2.72 bits per heavy atom. The van der Waals surface area contributed by atoms with Crippen molar-refractivity contribution in [3.8, 4) is 16.5 Å². The number of imidazole rings is 1. The van der Waals surface area contributed by atoms with Crippen molar-refractivity contribution in [2.24, 2.45) is 7.05 Å². The molecule has 0 bridgehead atoms. The van der Waals surface area contributed by atoms with Gasteiger partial charge in [-0.3, -0.25) is 4.79 Å². The molecule has 1 amide bonds. The van der Waals surface area contributed by atoms with Gasteiger partial charge in [-0.15, -0.1) is 11.3 Å². The first kappa shape index (κ1) is 21.9. The molecule has 1 N–H and O–H groups in total. The second kappa shape index (κ2) is 9.44. The second-order valence-corrected chi connectivity index (χ2v) is 8.72. The molecule has 0 aliphatic rings. The van der Waals surface area contributed by atoms with Crippen LogP contribution in [0.15, 0.2) is 36.2 Å². The predicted molar refractivity (Wildman–Crippen MR) is 125 cm³/mol. The van der Waals surface area contributed by atoms with Crippen LogP contribution in [0.3, 0.4) is 0 Å². The first-order chi connectivity index (χ1) is 15.5. The maximum absolute atomic E-state index is 13.1. The molecular weight excluding hydrogens is 422 g/mol. The molecule has 4 heterocycles. The minimum Gasteiger partial charge on any atom is -0.346 e. The number of nitrogens with one attached hydrogen (secondary N) is 1. The summed E-state index contributed by atoms with van der Waals surface area (Å²) in [7, 11) is 1.92. The van der Waals surface area contributed by atoms with E-state index in [0.717, 1.165) is 52.5 Å². The summed E-state index contributed by atoms with van der Waals surface area (Å²) in [6.45, 7) is 6.47. The van der Waals surface area contributed by atoms with Gasteiger partial charge in [-0.1, -0.05) is 19.4 Å². The third-order valence-corrected chi connectivity index (χ3v) is 6.34. The standard InChI is InChI=1S/C23H27N7OS/c1-5-6-8-18-17(22(31)24-13-19-16(3)26-14-29(19)4)12-27-30(18)23-25-11-15(2)21(28-23)20-9-7-10-32-20/h7,9-12,14H,5-6,8,13H2,1-4H3,(H,24,31). The number of nitrogens with zero attached hydrogens (tertiary/aromatic N) is 6. The average Bonchev–Trinajstić information content (AvgIpc) is 3.52. The van der Waals surface area contributed by atoms with Gasteiger partial charge >= 0.3 is 0 Å². The van der Waals surface area contributed by atoms with Crippen molar-refractivity contribution in [2.45, 2.75) is 46.6 Å². The molecule has 0 aromatic carbocycles. The van der Waals surface area contributed by atoms with Crippen molar-refractivity contribution in [2.75, 3.05) is 0 Å². The summed E-state index contributed by atoms with van der Waals surface area (Å²) < 4.78 is 3.62. The molecule has 4 aromatic heterocycles. The zero-order valence-corrected chi connectivity index (χ0v) is 19.6. The molecule has 166 valence electrons. The van der Waals surface area contributed by atoms with E-state index in [1.165, 1.54) is 0 Å². The van der Waals surface area contributed by atoms with Crippen LogP contribution < -0.4 is 5.32 Å². The molecule has 8 nitrogen and oxygen atoms in total. The molecule has 4 aromatic rings. The molecule has 0 aliphatic carbocycles. The highest BCUT2D eigenvalue weighted by molar-refractivity contribution is 7.13. The van der Waals surface area contributed by atoms with Gasteiger partial charge in [0.2, 0.25) is 0 Å². The molecule has 0 saturated carbocycles. The normalized spacial score (nSPS) is 11.1. The van der Waals surface area contributed by atoms with Crippen LogP contribution in [0.1, 0.15) is 52.8 Å². The number of hydrogen-bond donors (Lipinski definition) is 1. The zero-order valence-electron chi connectivity index (χ0n) is 18.8. The van der Waals surface area contributed by atoms with Crippen molar-refractivity contribution in [1.29, 1.82) is 0 Å². The maximum atomic E-state index is 13.1. The van der Waals surface area contributed by atoms with E-state index in [4.69, 9.17) is 4.98 Å². The van der Waals surface area contributed by atoms with Crippen LogP contribution in [-0.4, -0.2) is 35.2 Å². The van der Waals surface area contributed by atoms with Crippen LogP contribution in [-0.2, 0) is 20.0 Å². The summed E-state index contributed by atoms with van der Waals surface area (Å²) in [5, 5.41) is 9.56. The smallest absolute Gasteiger partial charge is 0.255 e. The molecule has 0 unspecified atom stereocenters. The van der Waals surface area contributed by atoms with Gasteiger partial charge in [0, 0.05) is 13.2 Å². The Hall–Kier alpha value is -3.33. The van der Waals surface area contributed by atoms with Crippen LogP contribution in [0.5, 0.6) is 0 Å². The van der Waals surface area contributed by atoms with Crippen LogP contribution in [0.4, 0.5) is 0 Å². The van der Waals surface area contributed by atoms with Gasteiger partial charge in [-0.05, 0) is 43.7 Å². The average molecular weight is 450 g/mol. The van der Waals surface area contributed by atoms with E-state index >= 15 is 0 Å². The molecule has 0 radical (unpaired) electrons. The number of rotatable bonds is 8. The maximum Gasteiger partial charge on any atom is 0.255 e. The van der Waals surface area contributed by atoms with Crippen molar-refractivity contribution >= 4 is 17.2 Å². The predicted octanol–water partition coefficient (Wildman–Crippen LogP) is 4.01. The minimum absolute atomic E-state index is 0.159. The van der Waals surface area contributed by atoms with Crippen molar-refractivity contribution in [1.82, 2.24) is 34.6 Å². The molecular formula is C23H27N7OS. The first-order valence-electron chi connectivity index (χ1n) is 10.7. The minimum atomic E-state index is -0.159. The van der Waals surface area contributed by atoms with E-state index in [9.17, 15) is 4.79 Å². The topological polar surface area (TPSA) is 90.5 Å². The summed E-state index contributed by atoms with van der Waals surface area (Å²) in [6, 6.07) is 4.05. The number of thiophene rings is 1. The quantitative estimate of drug-likeness (QED) is 0.439. The highest BCUT2D eigenvalue weighted by atomic mass is 32.1. The van der Waals surface area contributed by atoms with E-state index in [1.54, 1.807) is 28.5 Å². The van der Waals surface area contributed by atoms with Crippen LogP contribution in [0.25, 0.3) is 16.5 Å². The lowest BCUT2D eigenvalue weighted by Gasteiger charge is -2.11. The van der Waals surface area contributed by atoms with Crippen LogP contribution in [0.2, 0.25) is 0 Å². The van der Waals surface area contributed by atoms with E-state index in [0.29, 0.717) is 18.1 Å². The SMILES string of the molecule is CCCCc1c(C(=O)NCc2c(C)ncn2C)cnn1-c1ncc(C)c(-c2cccs2)n1. The van der Waals surface area contributed by atoms with Gasteiger partial charge in [0.15, 0.2) is 0 Å². The monoisotopic (exact) mass is 449 g/mol. The molecule has 0 fully saturated rings. The highest BCUT2D eigenvalue weighted by Crippen LogP contribution is 2.26. The molecule has 0 saturated heterocycles. The summed E-state index contributed by atoms with van der Waals surface area (Å²) in [5.41, 5.74) is 5.15. The Bertz CT molecular complexity index is 1200. The Labute approximate surface area is 191 Å². The number of unbranched alkanes of at least 4 members (excludes halogenated alkanes) is 1. The molecule has 0 atom stereocenters. The Balaban J connectivity index is 1.66. The van der Waals surface area contributed by atoms with Crippen molar-refractivity contribution < 1.29 is 4.79 Å². The molecule has 32 heavy (non-hydrogen) atoms. The number of aryl methyl sites for hydroxylation is 3. The lowest BCUT2D eigenvalue weighted by atomic mass is 10.1. The first-order valence-corrected chi connectivity index (χ1v) is 11.6. The van der Waals surface area contributed by atoms with Crippen LogP contribution in [0, 0.1) is 13.8 Å². The molecule has 0 spiro atoms. The van der Waals surface area contributed by atoms with Gasteiger partial charge in [0.1, 0.15) is 0 Å². The fourth-order valence-electron chi connectivity index (χ4n) is 3.60. The van der Waals surface area contributed by atoms with Gasteiger partial charge in [0.05, 0.1) is 52.3 Å². The van der Waals surface area contributed by atoms with Crippen LogP contribution >= 0.6 is 11.3 Å². The fourth-order valence-corrected chi connectivity index (χ4v) is 4.38. The molecule has 9 heteroatoms. The number of carbonyl (C=O) groups is 1. The lowest BCUT2D eigenvalue weighted by Crippen LogP contribution is -2.25. The number of amides is 1. The third kappa shape index (κ3) is 4.34. The Morgan fingerprint density at radius 1 is 1.19 bits per heavy atom. The summed E-state index contributed by atoms with van der Waals surface area (Å²) in [4.78, 5) is 27.7. The molecule has 0 aliphatic heterocycles. The highest BCUT2D eigenvalue weighted by Gasteiger charge is 2.21. The van der Waals surface area contributed by atoms with Gasteiger partial charge in [-0.25, -0.2) is 19.6 Å². The molecule has 4 rings (SSSR count). The fraction of sp³-hybridized carbons (Fsp3) is 0.348. The number of hydrogen-bond acceptors (Lipinski definition) is 6. The van der Waals surface area contributed by atoms with E-state index in [-0.39, 0.29) is 5.91 Å². The summed E-state index contributed by atoms with van der Waals surface area (Å²) >= 11 is 1.64. The largest absolute Gasteiger partial charge is 0.346 e. The second-order valence-electron chi connectivity index (χ2n) is 7.77. The van der Waals surface area contributed by atoms with Gasteiger partial charge < -0.3 is 9.88 Å². The lowest BCUT2D eigenvalue weighted by molar-refractivity contribution is 0.0949. The third-order valence-electron chi connectivity index (χ3n) is 5.47. The summed E-state index contributed by atoms with van der Waals surface area (Å²) in [5.74, 6) is 0.320. The summed E-state index contributed by atoms with van der Waals surface area (Å²) in [6.07, 6.45) is 7.85.